The van der Waals surface area contributed by atoms with Crippen LogP contribution in [0.3, 0.4) is 0 Å². The Labute approximate surface area is 425 Å². The molecule has 12 aromatic rings. The van der Waals surface area contributed by atoms with Crippen LogP contribution < -0.4 is 4.90 Å². The molecule has 0 bridgehead atoms. The first kappa shape index (κ1) is 41.5. The second-order valence-corrected chi connectivity index (χ2v) is 19.8. The van der Waals surface area contributed by atoms with Gasteiger partial charge >= 0.3 is 0 Å². The molecule has 0 saturated heterocycles. The van der Waals surface area contributed by atoms with Crippen LogP contribution in [0.25, 0.3) is 72.4 Å². The van der Waals surface area contributed by atoms with Gasteiger partial charge in [-0.25, -0.2) is 4.98 Å². The Balaban J connectivity index is 0.949. The van der Waals surface area contributed by atoms with Crippen LogP contribution in [0.5, 0.6) is 0 Å². The lowest BCUT2D eigenvalue weighted by Gasteiger charge is -2.34. The summed E-state index contributed by atoms with van der Waals surface area (Å²) in [5.74, 6) is 1.03. The van der Waals surface area contributed by atoms with Gasteiger partial charge in [0.15, 0.2) is 0 Å². The van der Waals surface area contributed by atoms with E-state index in [9.17, 15) is 0 Å². The predicted octanol–water partition coefficient (Wildman–Crippen LogP) is 17.3. The van der Waals surface area contributed by atoms with Crippen molar-refractivity contribution < 1.29 is 0 Å². The predicted molar refractivity (Wildman–Crippen MR) is 300 cm³/mol. The average Bonchev–Trinajstić information content (AvgIpc) is 4.08. The van der Waals surface area contributed by atoms with Crippen LogP contribution in [0, 0.1) is 0 Å². The molecule has 3 heteroatoms. The summed E-state index contributed by atoms with van der Waals surface area (Å²) in [7, 11) is 0. The van der Waals surface area contributed by atoms with Crippen molar-refractivity contribution in [3.63, 3.8) is 0 Å². The summed E-state index contributed by atoms with van der Waals surface area (Å²) < 4.78 is 2.44. The minimum absolute atomic E-state index is 0.696. The number of para-hydroxylation sites is 2. The van der Waals surface area contributed by atoms with Gasteiger partial charge in [-0.2, -0.15) is 0 Å². The number of hydrogen-bond donors (Lipinski definition) is 0. The Hall–Kier alpha value is -9.31. The molecule has 3 aliphatic rings. The average molecular weight is 930 g/mol. The van der Waals surface area contributed by atoms with E-state index in [4.69, 9.17) is 4.98 Å². The molecule has 1 spiro atoms. The lowest BCUT2D eigenvalue weighted by molar-refractivity contribution is 0.738. The summed E-state index contributed by atoms with van der Waals surface area (Å²) in [6, 6.07) is 96.6. The van der Waals surface area contributed by atoms with Gasteiger partial charge in [0.1, 0.15) is 11.2 Å². The fourth-order valence-corrected chi connectivity index (χ4v) is 12.8. The molecule has 0 radical (unpaired) electrons. The maximum absolute atomic E-state index is 5.63. The fraction of sp³-hybridized carbons (Fsp3) is 0.0429. The van der Waals surface area contributed by atoms with Crippen LogP contribution in [0.15, 0.2) is 261 Å². The van der Waals surface area contributed by atoms with Crippen molar-refractivity contribution in [1.82, 2.24) is 9.55 Å². The smallest absolute Gasteiger partial charge is 0.134 e. The van der Waals surface area contributed by atoms with Gasteiger partial charge in [-0.1, -0.05) is 212 Å². The van der Waals surface area contributed by atoms with E-state index >= 15 is 0 Å². The maximum atomic E-state index is 5.63. The van der Waals surface area contributed by atoms with Crippen molar-refractivity contribution in [1.29, 1.82) is 0 Å². The normalized spacial score (nSPS) is 13.2. The van der Waals surface area contributed by atoms with E-state index in [2.05, 4.69) is 270 Å². The highest BCUT2D eigenvalue weighted by Crippen LogP contribution is 2.63. The number of rotatable bonds is 5. The molecule has 11 aromatic carbocycles. The Morgan fingerprint density at radius 1 is 0.356 bits per heavy atom. The fourth-order valence-electron chi connectivity index (χ4n) is 12.8. The summed E-state index contributed by atoms with van der Waals surface area (Å²) in [6.07, 6.45) is 1.68. The van der Waals surface area contributed by atoms with E-state index in [0.29, 0.717) is 0 Å². The van der Waals surface area contributed by atoms with Gasteiger partial charge in [-0.05, 0) is 150 Å². The second-order valence-electron chi connectivity index (χ2n) is 19.8. The first-order valence-corrected chi connectivity index (χ1v) is 25.5. The Morgan fingerprint density at radius 2 is 0.863 bits per heavy atom. The third kappa shape index (κ3) is 6.28. The lowest BCUT2D eigenvalue weighted by Crippen LogP contribution is -2.29. The number of anilines is 3. The van der Waals surface area contributed by atoms with Crippen LogP contribution in [0.1, 0.15) is 44.8 Å². The summed E-state index contributed by atoms with van der Waals surface area (Å²) in [5, 5.41) is 0. The summed E-state index contributed by atoms with van der Waals surface area (Å²) in [5.41, 5.74) is 27.3. The molecular formula is C70H47N3. The SMILES string of the molecule is c1ccc(-c2ccc(N(c3cccc(-c4ccc5c(c4)Cc4ccccc4-c4ccccc4Cc4ccccc4-5)c3)c3cccc4c3C3(c5ccccc5-c5ccccc53)c3nc5ccccc5n3-4)cc2)cc1. The van der Waals surface area contributed by atoms with Crippen LogP contribution in [-0.4, -0.2) is 9.55 Å². The van der Waals surface area contributed by atoms with Crippen LogP contribution in [0.2, 0.25) is 0 Å². The molecule has 0 atom stereocenters. The highest BCUT2D eigenvalue weighted by Gasteiger charge is 2.56. The molecule has 0 unspecified atom stereocenters. The van der Waals surface area contributed by atoms with Crippen LogP contribution in [0.4, 0.5) is 17.1 Å². The Morgan fingerprint density at radius 3 is 1.55 bits per heavy atom. The van der Waals surface area contributed by atoms with E-state index in [1.165, 1.54) is 89.0 Å². The van der Waals surface area contributed by atoms with Gasteiger partial charge in [0.25, 0.3) is 0 Å². The van der Waals surface area contributed by atoms with Crippen molar-refractivity contribution in [3.8, 4) is 61.3 Å². The van der Waals surface area contributed by atoms with E-state index in [1.807, 2.05) is 0 Å². The molecule has 1 aromatic heterocycles. The van der Waals surface area contributed by atoms with E-state index in [0.717, 1.165) is 58.0 Å². The third-order valence-electron chi connectivity index (χ3n) is 15.9. The largest absolute Gasteiger partial charge is 0.310 e. The molecular weight excluding hydrogens is 883 g/mol. The van der Waals surface area contributed by atoms with Crippen molar-refractivity contribution in [2.75, 3.05) is 4.90 Å². The van der Waals surface area contributed by atoms with Gasteiger partial charge in [0.05, 0.1) is 22.4 Å². The molecule has 2 heterocycles. The molecule has 1 aliphatic heterocycles. The summed E-state index contributed by atoms with van der Waals surface area (Å²) in [4.78, 5) is 8.13. The van der Waals surface area contributed by atoms with E-state index in [1.54, 1.807) is 0 Å². The van der Waals surface area contributed by atoms with Gasteiger partial charge in [-0.15, -0.1) is 0 Å². The zero-order chi connectivity index (χ0) is 48.0. The number of nitrogens with zero attached hydrogens (tertiary/aromatic N) is 3. The molecule has 2 aliphatic carbocycles. The first-order valence-electron chi connectivity index (χ1n) is 25.5. The maximum Gasteiger partial charge on any atom is 0.134 e. The van der Waals surface area contributed by atoms with Gasteiger partial charge in [-0.3, -0.25) is 4.57 Å². The summed E-state index contributed by atoms with van der Waals surface area (Å²) >= 11 is 0. The molecule has 0 N–H and O–H groups in total. The number of imidazole rings is 1. The lowest BCUT2D eigenvalue weighted by atomic mass is 9.72. The third-order valence-corrected chi connectivity index (χ3v) is 15.9. The van der Waals surface area contributed by atoms with Crippen molar-refractivity contribution in [2.45, 2.75) is 18.3 Å². The number of benzene rings is 11. The second kappa shape index (κ2) is 16.4. The van der Waals surface area contributed by atoms with Gasteiger partial charge in [0.2, 0.25) is 0 Å². The quantitative estimate of drug-likeness (QED) is 0.171. The molecule has 73 heavy (non-hydrogen) atoms. The standard InChI is InChI=1S/C70H47N3/c1-2-18-46(19-3-1)47-36-39-54(40-37-47)72(66-34-17-35-67-68(66)70(69-71-64-32-14-15-33-65(64)73(67)69)62-30-12-10-28-60(62)61-29-11-13-31-63(61)70)55-24-16-23-48(45-55)49-38-41-59-53(42-49)44-52-22-6-8-26-57(52)56-25-7-4-20-50(56)43-51-21-5-9-27-58(51)59/h1-42,45H,43-44H2. The van der Waals surface area contributed by atoms with Crippen molar-refractivity contribution in [2.24, 2.45) is 0 Å². The molecule has 342 valence electrons. The summed E-state index contributed by atoms with van der Waals surface area (Å²) in [6.45, 7) is 0. The first-order chi connectivity index (χ1) is 36.2. The number of aromatic nitrogens is 2. The van der Waals surface area contributed by atoms with Crippen LogP contribution in [-0.2, 0) is 18.3 Å². The van der Waals surface area contributed by atoms with Crippen molar-refractivity contribution in [3.05, 3.63) is 306 Å². The monoisotopic (exact) mass is 929 g/mol. The highest BCUT2D eigenvalue weighted by molar-refractivity contribution is 5.96. The topological polar surface area (TPSA) is 21.1 Å². The molecule has 15 rings (SSSR count). The number of hydrogen-bond acceptors (Lipinski definition) is 2. The van der Waals surface area contributed by atoms with Crippen molar-refractivity contribution >= 4 is 28.1 Å². The Kier molecular flexibility index (Phi) is 9.30. The zero-order valence-corrected chi connectivity index (χ0v) is 40.1. The number of fused-ring (bicyclic) bond motifs is 18. The molecule has 0 saturated carbocycles. The molecule has 0 fully saturated rings. The van der Waals surface area contributed by atoms with Gasteiger partial charge in [0, 0.05) is 16.9 Å². The van der Waals surface area contributed by atoms with Gasteiger partial charge < -0.3 is 4.90 Å². The minimum atomic E-state index is -0.696. The zero-order valence-electron chi connectivity index (χ0n) is 40.1. The minimum Gasteiger partial charge on any atom is -0.310 e. The molecule has 0 amide bonds. The highest BCUT2D eigenvalue weighted by atomic mass is 15.2. The van der Waals surface area contributed by atoms with E-state index < -0.39 is 5.41 Å². The van der Waals surface area contributed by atoms with E-state index in [-0.39, 0.29) is 0 Å². The molecule has 3 nitrogen and oxygen atoms in total. The Bertz CT molecular complexity index is 4110. The van der Waals surface area contributed by atoms with Crippen LogP contribution >= 0.6 is 0 Å².